The Morgan fingerprint density at radius 3 is 1.00 bits per heavy atom. The first-order valence-corrected chi connectivity index (χ1v) is 2.40. The van der Waals surface area contributed by atoms with Crippen molar-refractivity contribution in [2.75, 3.05) is 28.2 Å². The molecule has 0 bridgehead atoms. The largest absolute Gasteiger partial charge is 0.866 e. The van der Waals surface area contributed by atoms with Gasteiger partial charge in [-0.1, -0.05) is 0 Å². The summed E-state index contributed by atoms with van der Waals surface area (Å²) in [5.41, 5.74) is 0. The molecule has 3 heteroatoms. The van der Waals surface area contributed by atoms with E-state index in [9.17, 15) is 0 Å². The van der Waals surface area contributed by atoms with Gasteiger partial charge in [0.1, 0.15) is 0 Å². The van der Waals surface area contributed by atoms with Gasteiger partial charge in [0.15, 0.2) is 0 Å². The Morgan fingerprint density at radius 2 is 1.00 bits per heavy atom. The van der Waals surface area contributed by atoms with Gasteiger partial charge in [0, 0.05) is 0 Å². The van der Waals surface area contributed by atoms with E-state index in [1.165, 1.54) is 0 Å². The zero-order chi connectivity index (χ0) is 6.50. The van der Waals surface area contributed by atoms with Crippen LogP contribution in [0.5, 0.6) is 0 Å². The molecule has 0 aromatic rings. The Morgan fingerprint density at radius 1 is 1.00 bits per heavy atom. The second-order valence-corrected chi connectivity index (χ2v) is 2.68. The molecule has 0 saturated carbocycles. The maximum Gasteiger partial charge on any atom is 0.0675 e. The fourth-order valence-corrected chi connectivity index (χ4v) is 0. The smallest absolute Gasteiger partial charge is 0.0675 e. The molecule has 0 aliphatic carbocycles. The van der Waals surface area contributed by atoms with Crippen LogP contribution in [0.25, 0.3) is 0 Å². The van der Waals surface area contributed by atoms with Crippen molar-refractivity contribution >= 4 is 10.5 Å². The van der Waals surface area contributed by atoms with Gasteiger partial charge in [0.25, 0.3) is 0 Å². The number of rotatable bonds is 0. The van der Waals surface area contributed by atoms with Crippen LogP contribution in [-0.4, -0.2) is 43.2 Å². The quantitative estimate of drug-likeness (QED) is 0.288. The summed E-state index contributed by atoms with van der Waals surface area (Å²) in [6, 6.07) is 0. The van der Waals surface area contributed by atoms with Gasteiger partial charge in [-0.25, -0.2) is 0 Å². The third kappa shape index (κ3) is 5610. The fraction of sp³-hybridized carbons (Fsp3) is 1.00. The summed E-state index contributed by atoms with van der Waals surface area (Å²) >= 11 is 0. The molecule has 0 amide bonds. The molecule has 0 aromatic heterocycles. The third-order valence-electron chi connectivity index (χ3n) is 0. The number of nitrogens with zero attached hydrogens (tertiary/aromatic N) is 1. The average molecular weight is 118 g/mol. The maximum atomic E-state index is 8.06. The molecule has 0 aliphatic rings. The van der Waals surface area contributed by atoms with Crippen molar-refractivity contribution in [1.82, 2.24) is 0 Å². The lowest BCUT2D eigenvalue weighted by atomic mass is 10.8. The van der Waals surface area contributed by atoms with E-state index in [-0.39, 0.29) is 0 Å². The molecule has 0 fully saturated rings. The standard InChI is InChI=1S/C4H12N.OSi/c1-5(2,3)4;1-2/h1-4H3;/q+1;-1. The molecular weight excluding hydrogens is 106 g/mol. The molecule has 2 nitrogen and oxygen atoms in total. The molecule has 0 atom stereocenters. The van der Waals surface area contributed by atoms with E-state index in [1.54, 1.807) is 10.5 Å². The highest BCUT2D eigenvalue weighted by Gasteiger charge is 1.88. The zero-order valence-corrected chi connectivity index (χ0v) is 6.36. The summed E-state index contributed by atoms with van der Waals surface area (Å²) in [5, 5.41) is 0. The minimum Gasteiger partial charge on any atom is -0.866 e. The Balaban J connectivity index is 0. The van der Waals surface area contributed by atoms with Gasteiger partial charge in [-0.2, -0.15) is 0 Å². The average Bonchev–Trinajstić information content (AvgIpc) is 1.36. The molecule has 7 heavy (non-hydrogen) atoms. The molecule has 3 radical (unpaired) electrons. The summed E-state index contributed by atoms with van der Waals surface area (Å²) in [6.07, 6.45) is 0. The predicted molar refractivity (Wildman–Crippen MR) is 29.7 cm³/mol. The van der Waals surface area contributed by atoms with Gasteiger partial charge in [-0.15, -0.1) is 10.5 Å². The summed E-state index contributed by atoms with van der Waals surface area (Å²) in [7, 11) is 10.2. The predicted octanol–water partition coefficient (Wildman–Crippen LogP) is -1.25. The van der Waals surface area contributed by atoms with Crippen molar-refractivity contribution in [1.29, 1.82) is 0 Å². The molecule has 0 unspecified atom stereocenters. The highest BCUT2D eigenvalue weighted by molar-refractivity contribution is 5.92. The first-order valence-electron chi connectivity index (χ1n) is 1.99. The van der Waals surface area contributed by atoms with Gasteiger partial charge >= 0.3 is 0 Å². The minimum absolute atomic E-state index is 1.00. The summed E-state index contributed by atoms with van der Waals surface area (Å²) in [5.74, 6) is 0. The molecule has 0 N–H and O–H groups in total. The minimum atomic E-state index is 1.00. The van der Waals surface area contributed by atoms with Gasteiger partial charge in [-0.05, 0) is 0 Å². The van der Waals surface area contributed by atoms with E-state index in [0.29, 0.717) is 0 Å². The molecule has 0 spiro atoms. The van der Waals surface area contributed by atoms with Crippen LogP contribution < -0.4 is 4.80 Å². The van der Waals surface area contributed by atoms with E-state index >= 15 is 0 Å². The van der Waals surface area contributed by atoms with Crippen LogP contribution >= 0.6 is 0 Å². The van der Waals surface area contributed by atoms with Crippen molar-refractivity contribution in [3.8, 4) is 0 Å². The van der Waals surface area contributed by atoms with Crippen LogP contribution in [0, 0.1) is 0 Å². The third-order valence-corrected chi connectivity index (χ3v) is 0. The lowest BCUT2D eigenvalue weighted by Crippen LogP contribution is -2.27. The second-order valence-electron chi connectivity index (χ2n) is 2.68. The number of hydrogen-bond donors (Lipinski definition) is 0. The molecule has 0 rings (SSSR count). The molecule has 0 heterocycles. The van der Waals surface area contributed by atoms with E-state index in [2.05, 4.69) is 28.2 Å². The second kappa shape index (κ2) is 4.30. The van der Waals surface area contributed by atoms with Crippen LogP contribution in [0.2, 0.25) is 0 Å². The van der Waals surface area contributed by atoms with Crippen molar-refractivity contribution < 1.29 is 9.28 Å². The summed E-state index contributed by atoms with van der Waals surface area (Å²) in [4.78, 5) is 8.06. The first kappa shape index (κ1) is 10.2. The highest BCUT2D eigenvalue weighted by atomic mass is 28.2. The first-order chi connectivity index (χ1) is 3.00. The fourth-order valence-electron chi connectivity index (χ4n) is 0. The van der Waals surface area contributed by atoms with Gasteiger partial charge < -0.3 is 9.28 Å². The van der Waals surface area contributed by atoms with Crippen LogP contribution in [0.4, 0.5) is 0 Å². The summed E-state index contributed by atoms with van der Waals surface area (Å²) in [6.45, 7) is 0. The van der Waals surface area contributed by atoms with E-state index in [0.717, 1.165) is 4.48 Å². The van der Waals surface area contributed by atoms with Crippen molar-refractivity contribution in [3.05, 3.63) is 0 Å². The van der Waals surface area contributed by atoms with Crippen LogP contribution in [-0.2, 0) is 0 Å². The highest BCUT2D eigenvalue weighted by Crippen LogP contribution is 1.73. The van der Waals surface area contributed by atoms with Gasteiger partial charge in [-0.3, -0.25) is 0 Å². The lowest BCUT2D eigenvalue weighted by molar-refractivity contribution is -0.849. The van der Waals surface area contributed by atoms with E-state index < -0.39 is 0 Å². The van der Waals surface area contributed by atoms with Crippen molar-refractivity contribution in [3.63, 3.8) is 0 Å². The molecule has 0 aliphatic heterocycles. The van der Waals surface area contributed by atoms with Crippen molar-refractivity contribution in [2.45, 2.75) is 0 Å². The normalized spacial score (nSPS) is 9.43. The number of hydrogen-bond acceptors (Lipinski definition) is 1. The Bertz CT molecular complexity index is 27.2. The van der Waals surface area contributed by atoms with Crippen LogP contribution in [0.1, 0.15) is 0 Å². The maximum absolute atomic E-state index is 8.06. The van der Waals surface area contributed by atoms with Crippen LogP contribution in [0.15, 0.2) is 0 Å². The number of quaternary nitrogens is 1. The summed E-state index contributed by atoms with van der Waals surface area (Å²) < 4.78 is 1.00. The Hall–Kier alpha value is 0.137. The molecular formula is C4H12NOSi. The van der Waals surface area contributed by atoms with E-state index in [4.69, 9.17) is 4.80 Å². The monoisotopic (exact) mass is 118 g/mol. The molecule has 0 saturated heterocycles. The van der Waals surface area contributed by atoms with Crippen molar-refractivity contribution in [2.24, 2.45) is 0 Å². The zero-order valence-electron chi connectivity index (χ0n) is 5.36. The molecule has 43 valence electrons. The Labute approximate surface area is 48.9 Å². The van der Waals surface area contributed by atoms with Gasteiger partial charge in [0.2, 0.25) is 0 Å². The lowest BCUT2D eigenvalue weighted by Gasteiger charge is -2.14. The topological polar surface area (TPSA) is 23.1 Å². The molecule has 0 aromatic carbocycles. The SMILES string of the molecule is C[N+](C)(C)C.[O-][Si]. The Kier molecular flexibility index (Phi) is 6.26. The van der Waals surface area contributed by atoms with E-state index in [1.807, 2.05) is 0 Å². The van der Waals surface area contributed by atoms with Crippen LogP contribution in [0.3, 0.4) is 0 Å². The van der Waals surface area contributed by atoms with Gasteiger partial charge in [0.05, 0.1) is 28.2 Å².